The van der Waals surface area contributed by atoms with Crippen LogP contribution in [0.1, 0.15) is 33.6 Å². The van der Waals surface area contributed by atoms with Gasteiger partial charge in [0.2, 0.25) is 0 Å². The van der Waals surface area contributed by atoms with Crippen LogP contribution in [0, 0.1) is 0 Å². The van der Waals surface area contributed by atoms with Gasteiger partial charge in [0.25, 0.3) is 5.91 Å². The lowest BCUT2D eigenvalue weighted by Crippen LogP contribution is -2.58. The molecule has 154 valence electrons. The van der Waals surface area contributed by atoms with E-state index in [2.05, 4.69) is 22.5 Å². The molecule has 2 atom stereocenters. The molecule has 1 saturated heterocycles. The number of amides is 1. The molecule has 0 radical (unpaired) electrons. The van der Waals surface area contributed by atoms with Crippen molar-refractivity contribution >= 4 is 17.7 Å². The molecule has 2 rings (SSSR count). The van der Waals surface area contributed by atoms with Crippen LogP contribution < -0.4 is 10.6 Å². The zero-order valence-electron chi connectivity index (χ0n) is 16.0. The first-order valence-electron chi connectivity index (χ1n) is 9.19. The van der Waals surface area contributed by atoms with Crippen molar-refractivity contribution in [2.45, 2.75) is 50.7 Å². The van der Waals surface area contributed by atoms with E-state index in [1.54, 1.807) is 0 Å². The summed E-state index contributed by atoms with van der Waals surface area (Å²) < 4.78 is 42.4. The lowest BCUT2D eigenvalue weighted by atomic mass is 10.1. The van der Waals surface area contributed by atoms with E-state index in [1.165, 1.54) is 11.8 Å². The lowest BCUT2D eigenvalue weighted by Gasteiger charge is -2.43. The number of thioether (sulfide) groups is 1. The maximum atomic E-state index is 12.9. The van der Waals surface area contributed by atoms with Gasteiger partial charge in [-0.3, -0.25) is 4.79 Å². The number of nitrogens with one attached hydrogen (secondary N) is 2. The fourth-order valence-corrected chi connectivity index (χ4v) is 4.30. The Morgan fingerprint density at radius 2 is 2.26 bits per heavy atom. The van der Waals surface area contributed by atoms with Gasteiger partial charge in [0, 0.05) is 19.5 Å². The summed E-state index contributed by atoms with van der Waals surface area (Å²) in [5, 5.41) is 6.01. The third kappa shape index (κ3) is 6.07. The largest absolute Gasteiger partial charge is 0.389 e. The Morgan fingerprint density at radius 1 is 1.52 bits per heavy atom. The van der Waals surface area contributed by atoms with Crippen molar-refractivity contribution in [1.29, 1.82) is 0 Å². The Hall–Kier alpha value is -1.35. The maximum absolute atomic E-state index is 12.9. The van der Waals surface area contributed by atoms with Crippen molar-refractivity contribution < 1.29 is 22.7 Å². The van der Waals surface area contributed by atoms with Crippen molar-refractivity contribution in [3.8, 4) is 0 Å². The second kappa shape index (κ2) is 9.23. The van der Waals surface area contributed by atoms with Gasteiger partial charge in [0.15, 0.2) is 4.87 Å². The van der Waals surface area contributed by atoms with Crippen LogP contribution in [0.5, 0.6) is 0 Å². The van der Waals surface area contributed by atoms with Crippen molar-refractivity contribution in [2.24, 2.45) is 0 Å². The molecule has 2 aliphatic heterocycles. The molecule has 1 unspecified atom stereocenters. The molecule has 2 N–H and O–H groups in total. The van der Waals surface area contributed by atoms with Crippen molar-refractivity contribution in [1.82, 2.24) is 15.5 Å². The minimum Gasteiger partial charge on any atom is -0.377 e. The van der Waals surface area contributed by atoms with Crippen LogP contribution in [-0.2, 0) is 9.53 Å². The molecule has 0 aliphatic carbocycles. The molecule has 0 aromatic carbocycles. The van der Waals surface area contributed by atoms with E-state index < -0.39 is 17.5 Å². The van der Waals surface area contributed by atoms with Gasteiger partial charge < -0.3 is 20.3 Å². The maximum Gasteiger partial charge on any atom is 0.389 e. The molecule has 1 amide bonds. The monoisotopic (exact) mass is 407 g/mol. The Labute approximate surface area is 162 Å². The molecule has 2 heterocycles. The first-order chi connectivity index (χ1) is 12.7. The number of carbonyl (C=O) groups is 1. The molecule has 0 aromatic heterocycles. The van der Waals surface area contributed by atoms with Crippen LogP contribution >= 0.6 is 11.8 Å². The molecule has 0 spiro atoms. The second-order valence-corrected chi connectivity index (χ2v) is 8.31. The summed E-state index contributed by atoms with van der Waals surface area (Å²) >= 11 is 1.42. The fourth-order valence-electron chi connectivity index (χ4n) is 3.20. The molecule has 0 bridgehead atoms. The molecule has 5 nitrogen and oxygen atoms in total. The van der Waals surface area contributed by atoms with E-state index in [-0.39, 0.29) is 24.9 Å². The Bertz CT molecular complexity index is 595. The Balaban J connectivity index is 2.09. The first-order valence-corrected chi connectivity index (χ1v) is 10.2. The predicted molar refractivity (Wildman–Crippen MR) is 101 cm³/mol. The number of nitrogens with zero attached hydrogens (tertiary/aromatic N) is 1. The van der Waals surface area contributed by atoms with Crippen LogP contribution in [0.15, 0.2) is 23.5 Å². The van der Waals surface area contributed by atoms with Crippen LogP contribution in [0.2, 0.25) is 0 Å². The zero-order valence-corrected chi connectivity index (χ0v) is 16.8. The number of hydrogen-bond donors (Lipinski definition) is 2. The second-order valence-electron chi connectivity index (χ2n) is 6.80. The number of rotatable bonds is 7. The third-order valence-electron chi connectivity index (χ3n) is 4.42. The van der Waals surface area contributed by atoms with E-state index in [0.29, 0.717) is 25.5 Å². The topological polar surface area (TPSA) is 53.6 Å². The zero-order chi connectivity index (χ0) is 20.1. The van der Waals surface area contributed by atoms with E-state index in [0.717, 1.165) is 11.4 Å². The molecule has 27 heavy (non-hydrogen) atoms. The first kappa shape index (κ1) is 21.9. The van der Waals surface area contributed by atoms with Gasteiger partial charge in [0.1, 0.15) is 5.82 Å². The van der Waals surface area contributed by atoms with E-state index in [1.807, 2.05) is 26.0 Å². The highest BCUT2D eigenvalue weighted by Crippen LogP contribution is 2.32. The Morgan fingerprint density at radius 3 is 2.89 bits per heavy atom. The summed E-state index contributed by atoms with van der Waals surface area (Å²) in [6, 6.07) is 0.169. The summed E-state index contributed by atoms with van der Waals surface area (Å²) in [6.07, 6.45) is -1.40. The van der Waals surface area contributed by atoms with Crippen LogP contribution in [0.4, 0.5) is 13.2 Å². The SMILES string of the molecule is CCSC1(C(=O)NCCCC(F)(F)F)C=C(C)C=C(N2CCOC[C@H]2C)N1. The van der Waals surface area contributed by atoms with Crippen LogP contribution in [-0.4, -0.2) is 60.0 Å². The standard InChI is InChI=1S/C18H28F3N3O2S/c1-4-27-17(16(25)22-7-5-6-18(19,20)21)11-13(2)10-15(23-17)24-8-9-26-12-14(24)3/h10-11,14,23H,4-9,12H2,1-3H3,(H,22,25)/t14-,17?/m1/s1. The average Bonchev–Trinajstić information content (AvgIpc) is 2.57. The molecular formula is C18H28F3N3O2S. The summed E-state index contributed by atoms with van der Waals surface area (Å²) in [7, 11) is 0. The number of dihydropyridines is 1. The third-order valence-corrected chi connectivity index (χ3v) is 5.57. The predicted octanol–water partition coefficient (Wildman–Crippen LogP) is 3.01. The van der Waals surface area contributed by atoms with Gasteiger partial charge in [-0.2, -0.15) is 13.2 Å². The number of morpholine rings is 1. The lowest BCUT2D eigenvalue weighted by molar-refractivity contribution is -0.136. The average molecular weight is 408 g/mol. The minimum absolute atomic E-state index is 0.00800. The van der Waals surface area contributed by atoms with Gasteiger partial charge in [-0.15, -0.1) is 11.8 Å². The van der Waals surface area contributed by atoms with Crippen molar-refractivity contribution in [3.63, 3.8) is 0 Å². The highest BCUT2D eigenvalue weighted by molar-refractivity contribution is 8.01. The molecule has 1 fully saturated rings. The number of alkyl halides is 3. The fraction of sp³-hybridized carbons (Fsp3) is 0.722. The summed E-state index contributed by atoms with van der Waals surface area (Å²) in [5.41, 5.74) is 0.939. The van der Waals surface area contributed by atoms with Crippen LogP contribution in [0.3, 0.4) is 0 Å². The molecule has 0 saturated carbocycles. The van der Waals surface area contributed by atoms with E-state index >= 15 is 0 Å². The number of allylic oxidation sites excluding steroid dienone is 2. The quantitative estimate of drug-likeness (QED) is 0.636. The molecule has 0 aromatic rings. The number of ether oxygens (including phenoxy) is 1. The van der Waals surface area contributed by atoms with Gasteiger partial charge >= 0.3 is 6.18 Å². The molecular weight excluding hydrogens is 379 g/mol. The number of halogens is 3. The number of hydrogen-bond acceptors (Lipinski definition) is 5. The highest BCUT2D eigenvalue weighted by Gasteiger charge is 2.40. The summed E-state index contributed by atoms with van der Waals surface area (Å²) in [4.78, 5) is 14.0. The molecule has 9 heteroatoms. The minimum atomic E-state index is -4.21. The normalized spacial score (nSPS) is 26.1. The van der Waals surface area contributed by atoms with Crippen molar-refractivity contribution in [3.05, 3.63) is 23.5 Å². The summed E-state index contributed by atoms with van der Waals surface area (Å²) in [6.45, 7) is 7.86. The van der Waals surface area contributed by atoms with E-state index in [4.69, 9.17) is 4.74 Å². The van der Waals surface area contributed by atoms with E-state index in [9.17, 15) is 18.0 Å². The van der Waals surface area contributed by atoms with Gasteiger partial charge in [-0.1, -0.05) is 6.92 Å². The van der Waals surface area contributed by atoms with Gasteiger partial charge in [-0.25, -0.2) is 0 Å². The highest BCUT2D eigenvalue weighted by atomic mass is 32.2. The van der Waals surface area contributed by atoms with Crippen molar-refractivity contribution in [2.75, 3.05) is 32.1 Å². The Kier molecular flexibility index (Phi) is 7.50. The van der Waals surface area contributed by atoms with Gasteiger partial charge in [0.05, 0.1) is 19.3 Å². The van der Waals surface area contributed by atoms with Gasteiger partial charge in [-0.05, 0) is 43.7 Å². The van der Waals surface area contributed by atoms with Crippen LogP contribution in [0.25, 0.3) is 0 Å². The summed E-state index contributed by atoms with van der Waals surface area (Å²) in [5.74, 6) is 1.21. The molecule has 2 aliphatic rings. The number of carbonyl (C=O) groups excluding carboxylic acids is 1. The smallest absolute Gasteiger partial charge is 0.377 e.